The van der Waals surface area contributed by atoms with E-state index in [-0.39, 0.29) is 30.7 Å². The van der Waals surface area contributed by atoms with Crippen LogP contribution in [0.25, 0.3) is 0 Å². The summed E-state index contributed by atoms with van der Waals surface area (Å²) in [6, 6.07) is 5.83. The molecule has 0 aromatic heterocycles. The molecule has 0 aliphatic carbocycles. The lowest BCUT2D eigenvalue weighted by atomic mass is 9.96. The van der Waals surface area contributed by atoms with Gasteiger partial charge in [0, 0.05) is 31.7 Å². The second-order valence-electron chi connectivity index (χ2n) is 7.09. The van der Waals surface area contributed by atoms with Crippen molar-refractivity contribution in [2.24, 2.45) is 11.8 Å². The summed E-state index contributed by atoms with van der Waals surface area (Å²) < 4.78 is 0. The Labute approximate surface area is 147 Å². The fourth-order valence-corrected chi connectivity index (χ4v) is 3.77. The summed E-state index contributed by atoms with van der Waals surface area (Å²) >= 11 is 0. The highest BCUT2D eigenvalue weighted by Crippen LogP contribution is 2.31. The third-order valence-corrected chi connectivity index (χ3v) is 5.42. The number of benzene rings is 1. The van der Waals surface area contributed by atoms with E-state index in [0.717, 1.165) is 16.8 Å². The van der Waals surface area contributed by atoms with Crippen LogP contribution in [0.15, 0.2) is 18.2 Å². The van der Waals surface area contributed by atoms with Crippen LogP contribution in [-0.2, 0) is 14.4 Å². The van der Waals surface area contributed by atoms with Crippen LogP contribution in [0.5, 0.6) is 0 Å². The summed E-state index contributed by atoms with van der Waals surface area (Å²) in [4.78, 5) is 39.8. The lowest BCUT2D eigenvalue weighted by Gasteiger charge is -2.32. The van der Waals surface area contributed by atoms with Gasteiger partial charge in [-0.15, -0.1) is 0 Å². The average Bonchev–Trinajstić information content (AvgIpc) is 2.98. The van der Waals surface area contributed by atoms with Crippen LogP contribution in [0.4, 0.5) is 5.69 Å². The van der Waals surface area contributed by atoms with Crippen molar-refractivity contribution < 1.29 is 19.5 Å². The van der Waals surface area contributed by atoms with E-state index in [9.17, 15) is 19.5 Å². The van der Waals surface area contributed by atoms with Gasteiger partial charge in [-0.1, -0.05) is 12.1 Å². The molecule has 2 amide bonds. The van der Waals surface area contributed by atoms with Crippen molar-refractivity contribution in [3.8, 4) is 0 Å². The Kier molecular flexibility index (Phi) is 4.79. The predicted molar refractivity (Wildman–Crippen MR) is 93.3 cm³/mol. The molecule has 1 aromatic rings. The number of rotatable bonds is 3. The van der Waals surface area contributed by atoms with E-state index in [1.165, 1.54) is 0 Å². The van der Waals surface area contributed by atoms with Crippen molar-refractivity contribution >= 4 is 23.5 Å². The van der Waals surface area contributed by atoms with Gasteiger partial charge >= 0.3 is 5.97 Å². The minimum Gasteiger partial charge on any atom is -0.481 e. The minimum atomic E-state index is -0.850. The van der Waals surface area contributed by atoms with Crippen LogP contribution in [0.2, 0.25) is 0 Å². The second kappa shape index (κ2) is 6.86. The number of carbonyl (C=O) groups excluding carboxylic acids is 2. The minimum absolute atomic E-state index is 0.0427. The highest BCUT2D eigenvalue weighted by Gasteiger charge is 2.39. The molecular formula is C19H24N2O4. The van der Waals surface area contributed by atoms with E-state index in [1.807, 2.05) is 32.0 Å². The van der Waals surface area contributed by atoms with Crippen molar-refractivity contribution in [3.05, 3.63) is 29.3 Å². The van der Waals surface area contributed by atoms with Crippen molar-refractivity contribution in [2.45, 2.75) is 33.1 Å². The molecule has 1 aromatic carbocycles. The number of carbonyl (C=O) groups is 3. The second-order valence-corrected chi connectivity index (χ2v) is 7.09. The molecule has 2 saturated heterocycles. The van der Waals surface area contributed by atoms with E-state index >= 15 is 0 Å². The molecule has 0 saturated carbocycles. The Balaban J connectivity index is 1.73. The zero-order valence-corrected chi connectivity index (χ0v) is 14.7. The Morgan fingerprint density at radius 2 is 1.92 bits per heavy atom. The van der Waals surface area contributed by atoms with E-state index < -0.39 is 11.9 Å². The standard InChI is InChI=1S/C19H24N2O4/c1-12-5-3-7-16(13(12)2)21-11-15(9-17(21)22)18(23)20-8-4-6-14(10-20)19(24)25/h3,5,7,14-15H,4,6,8-11H2,1-2H3,(H,24,25)/t14-,15+/m1/s1. The first kappa shape index (κ1) is 17.5. The normalized spacial score (nSPS) is 23.8. The van der Waals surface area contributed by atoms with Crippen molar-refractivity contribution in [1.29, 1.82) is 0 Å². The van der Waals surface area contributed by atoms with Gasteiger partial charge in [0.2, 0.25) is 11.8 Å². The van der Waals surface area contributed by atoms with Gasteiger partial charge in [0.25, 0.3) is 0 Å². The molecule has 25 heavy (non-hydrogen) atoms. The number of amides is 2. The highest BCUT2D eigenvalue weighted by atomic mass is 16.4. The van der Waals surface area contributed by atoms with E-state index in [1.54, 1.807) is 9.80 Å². The summed E-state index contributed by atoms with van der Waals surface area (Å²) in [5.74, 6) is -1.87. The molecule has 0 unspecified atom stereocenters. The maximum atomic E-state index is 12.8. The number of aryl methyl sites for hydroxylation is 1. The van der Waals surface area contributed by atoms with Crippen LogP contribution in [0, 0.1) is 25.7 Å². The van der Waals surface area contributed by atoms with E-state index in [2.05, 4.69) is 0 Å². The van der Waals surface area contributed by atoms with Crippen molar-refractivity contribution in [2.75, 3.05) is 24.5 Å². The van der Waals surface area contributed by atoms with Gasteiger partial charge < -0.3 is 14.9 Å². The quantitative estimate of drug-likeness (QED) is 0.909. The highest BCUT2D eigenvalue weighted by molar-refractivity contribution is 6.01. The van der Waals surface area contributed by atoms with Gasteiger partial charge in [0.15, 0.2) is 0 Å². The SMILES string of the molecule is Cc1cccc(N2C[C@@H](C(=O)N3CCC[C@@H](C(=O)O)C3)CC2=O)c1C. The Bertz CT molecular complexity index is 715. The lowest BCUT2D eigenvalue weighted by molar-refractivity contribution is -0.146. The van der Waals surface area contributed by atoms with Gasteiger partial charge in [0.1, 0.15) is 0 Å². The number of hydrogen-bond donors (Lipinski definition) is 1. The van der Waals surface area contributed by atoms with E-state index in [0.29, 0.717) is 25.9 Å². The zero-order chi connectivity index (χ0) is 18.1. The molecule has 6 heteroatoms. The Hall–Kier alpha value is -2.37. The Morgan fingerprint density at radius 1 is 1.16 bits per heavy atom. The maximum absolute atomic E-state index is 12.8. The summed E-state index contributed by atoms with van der Waals surface area (Å²) in [5.41, 5.74) is 3.02. The molecular weight excluding hydrogens is 320 g/mol. The molecule has 6 nitrogen and oxygen atoms in total. The fourth-order valence-electron chi connectivity index (χ4n) is 3.77. The number of nitrogens with zero attached hydrogens (tertiary/aromatic N) is 2. The molecule has 0 radical (unpaired) electrons. The van der Waals surface area contributed by atoms with Gasteiger partial charge in [-0.05, 0) is 43.9 Å². The first-order valence-corrected chi connectivity index (χ1v) is 8.76. The first-order chi connectivity index (χ1) is 11.9. The summed E-state index contributed by atoms with van der Waals surface area (Å²) in [5, 5.41) is 9.19. The topological polar surface area (TPSA) is 77.9 Å². The maximum Gasteiger partial charge on any atom is 0.308 e. The van der Waals surface area contributed by atoms with Gasteiger partial charge in [0.05, 0.1) is 11.8 Å². The van der Waals surface area contributed by atoms with Crippen LogP contribution in [-0.4, -0.2) is 47.4 Å². The van der Waals surface area contributed by atoms with Crippen molar-refractivity contribution in [3.63, 3.8) is 0 Å². The summed E-state index contributed by atoms with van der Waals surface area (Å²) in [6.45, 7) is 5.19. The van der Waals surface area contributed by atoms with Crippen LogP contribution < -0.4 is 4.90 Å². The first-order valence-electron chi connectivity index (χ1n) is 8.76. The fraction of sp³-hybridized carbons (Fsp3) is 0.526. The molecule has 2 aliphatic heterocycles. The lowest BCUT2D eigenvalue weighted by Crippen LogP contribution is -2.45. The monoisotopic (exact) mass is 344 g/mol. The number of carboxylic acid groups (broad SMARTS) is 1. The number of piperidine rings is 1. The predicted octanol–water partition coefficient (Wildman–Crippen LogP) is 1.98. The van der Waals surface area contributed by atoms with Crippen LogP contribution >= 0.6 is 0 Å². The zero-order valence-electron chi connectivity index (χ0n) is 14.7. The number of hydrogen-bond acceptors (Lipinski definition) is 3. The Morgan fingerprint density at radius 3 is 2.64 bits per heavy atom. The van der Waals surface area contributed by atoms with E-state index in [4.69, 9.17) is 0 Å². The number of anilines is 1. The molecule has 3 rings (SSSR count). The molecule has 134 valence electrons. The van der Waals surface area contributed by atoms with Gasteiger partial charge in [-0.2, -0.15) is 0 Å². The average molecular weight is 344 g/mol. The largest absolute Gasteiger partial charge is 0.481 e. The molecule has 0 bridgehead atoms. The van der Waals surface area contributed by atoms with Crippen LogP contribution in [0.1, 0.15) is 30.4 Å². The molecule has 2 atom stereocenters. The van der Waals surface area contributed by atoms with Gasteiger partial charge in [-0.25, -0.2) is 0 Å². The molecule has 2 aliphatic rings. The van der Waals surface area contributed by atoms with Crippen molar-refractivity contribution in [1.82, 2.24) is 4.90 Å². The summed E-state index contributed by atoms with van der Waals surface area (Å²) in [6.07, 6.45) is 1.50. The number of carboxylic acids is 1. The number of likely N-dealkylation sites (tertiary alicyclic amines) is 1. The molecule has 0 spiro atoms. The summed E-state index contributed by atoms with van der Waals surface area (Å²) in [7, 11) is 0. The molecule has 2 heterocycles. The van der Waals surface area contributed by atoms with Gasteiger partial charge in [-0.3, -0.25) is 14.4 Å². The van der Waals surface area contributed by atoms with Crippen LogP contribution in [0.3, 0.4) is 0 Å². The molecule has 1 N–H and O–H groups in total. The number of aliphatic carboxylic acids is 1. The molecule has 2 fully saturated rings. The third-order valence-electron chi connectivity index (χ3n) is 5.42. The smallest absolute Gasteiger partial charge is 0.308 e. The third kappa shape index (κ3) is 3.38.